The van der Waals surface area contributed by atoms with Gasteiger partial charge in [0.15, 0.2) is 0 Å². The van der Waals surface area contributed by atoms with Crippen LogP contribution in [0.2, 0.25) is 0 Å². The molecule has 0 heterocycles. The third kappa shape index (κ3) is 6.77. The molecule has 0 aliphatic heterocycles. The van der Waals surface area contributed by atoms with Crippen molar-refractivity contribution < 1.29 is 19.4 Å². The van der Waals surface area contributed by atoms with E-state index in [0.717, 1.165) is 54.8 Å². The Morgan fingerprint density at radius 2 is 0.957 bits per heavy atom. The molecule has 8 aliphatic carbocycles. The van der Waals surface area contributed by atoms with Gasteiger partial charge in [-0.3, -0.25) is 4.79 Å². The Kier molecular flexibility index (Phi) is 10.9. The number of unbranched alkanes of at least 4 members (excludes halogenated alkanes) is 9. The summed E-state index contributed by atoms with van der Waals surface area (Å²) in [6, 6.07) is 0. The highest BCUT2D eigenvalue weighted by molar-refractivity contribution is 5.69. The van der Waals surface area contributed by atoms with Gasteiger partial charge in [-0.25, -0.2) is 0 Å². The fraction of sp³-hybridized carbons (Fsp3) is 0.977. The highest BCUT2D eigenvalue weighted by Crippen LogP contribution is 2.75. The van der Waals surface area contributed by atoms with E-state index in [9.17, 15) is 9.90 Å². The molecule has 0 saturated heterocycles. The number of aliphatic hydroxyl groups excluding tert-OH is 1. The summed E-state index contributed by atoms with van der Waals surface area (Å²) in [7, 11) is 0. The average molecular weight is 651 g/mol. The Bertz CT molecular complexity index is 1020. The Balaban J connectivity index is 0.573. The molecule has 47 heavy (non-hydrogen) atoms. The second-order valence-electron chi connectivity index (χ2n) is 18.7. The van der Waals surface area contributed by atoms with Crippen LogP contribution < -0.4 is 0 Å². The zero-order valence-electron chi connectivity index (χ0n) is 29.9. The molecule has 0 aromatic rings. The average Bonchev–Trinajstić information content (AvgIpc) is 3.06. The van der Waals surface area contributed by atoms with Crippen LogP contribution in [0.4, 0.5) is 0 Å². The zero-order valence-corrected chi connectivity index (χ0v) is 29.9. The van der Waals surface area contributed by atoms with Crippen LogP contribution in [0.25, 0.3) is 0 Å². The number of hydrogen-bond donors (Lipinski definition) is 1. The lowest BCUT2D eigenvalue weighted by atomic mass is 9.30. The molecule has 0 bridgehead atoms. The standard InChI is InChI=1S/C43H70O4/c44-26-30(46-23-11-7-2-1-4-8-12-28-15-17-35-37(24-28)42-33-21-19-31(33)40(35)42)27-47-39(45)14-10-6-3-5-9-13-29-16-18-36-38(25-29)43-34-22-20-32(34)41(36)43/h28-38,40-44H,1-27H2/t28?,29?,30-,31?,32?,33?,34?,35?,36?,37?,38?,40?,41?,42?,43?/m0/s1. The van der Waals surface area contributed by atoms with Crippen LogP contribution >= 0.6 is 0 Å². The first kappa shape index (κ1) is 33.5. The fourth-order valence-electron chi connectivity index (χ4n) is 14.1. The first-order valence-electron chi connectivity index (χ1n) is 21.6. The number of hydrogen-bond acceptors (Lipinski definition) is 4. The van der Waals surface area contributed by atoms with Crippen molar-refractivity contribution in [3.63, 3.8) is 0 Å². The topological polar surface area (TPSA) is 55.8 Å². The zero-order chi connectivity index (χ0) is 31.7. The third-order valence-electron chi connectivity index (χ3n) is 16.7. The lowest BCUT2D eigenvalue weighted by molar-refractivity contribution is -0.264. The number of esters is 1. The third-order valence-corrected chi connectivity index (χ3v) is 16.7. The van der Waals surface area contributed by atoms with E-state index in [1.165, 1.54) is 124 Å². The molecule has 0 amide bonds. The molecule has 1 N–H and O–H groups in total. The van der Waals surface area contributed by atoms with Crippen molar-refractivity contribution in [1.82, 2.24) is 0 Å². The molecule has 0 aromatic heterocycles. The maximum absolute atomic E-state index is 12.3. The van der Waals surface area contributed by atoms with Gasteiger partial charge in [0.2, 0.25) is 0 Å². The summed E-state index contributed by atoms with van der Waals surface area (Å²) < 4.78 is 11.3. The van der Waals surface area contributed by atoms with Crippen molar-refractivity contribution in [2.45, 2.75) is 160 Å². The summed E-state index contributed by atoms with van der Waals surface area (Å²) in [4.78, 5) is 12.3. The summed E-state index contributed by atoms with van der Waals surface area (Å²) in [6.07, 6.45) is 32.3. The molecule has 266 valence electrons. The highest BCUT2D eigenvalue weighted by atomic mass is 16.6. The predicted molar refractivity (Wildman–Crippen MR) is 187 cm³/mol. The molecular weight excluding hydrogens is 580 g/mol. The Morgan fingerprint density at radius 3 is 1.47 bits per heavy atom. The number of rotatable bonds is 21. The summed E-state index contributed by atoms with van der Waals surface area (Å²) in [6.45, 7) is 0.762. The van der Waals surface area contributed by atoms with E-state index in [-0.39, 0.29) is 25.3 Å². The van der Waals surface area contributed by atoms with Gasteiger partial charge in [0.05, 0.1) is 6.61 Å². The molecule has 14 unspecified atom stereocenters. The molecule has 15 atom stereocenters. The second-order valence-corrected chi connectivity index (χ2v) is 18.7. The van der Waals surface area contributed by atoms with Crippen LogP contribution in [0.5, 0.6) is 0 Å². The second kappa shape index (κ2) is 15.3. The van der Waals surface area contributed by atoms with Crippen LogP contribution in [-0.4, -0.2) is 37.0 Å². The van der Waals surface area contributed by atoms with E-state index in [1.54, 1.807) is 51.4 Å². The van der Waals surface area contributed by atoms with Gasteiger partial charge in [0.25, 0.3) is 0 Å². The lowest BCUT2D eigenvalue weighted by Crippen LogP contribution is -2.69. The molecule has 8 fully saturated rings. The first-order valence-corrected chi connectivity index (χ1v) is 21.6. The smallest absolute Gasteiger partial charge is 0.305 e. The van der Waals surface area contributed by atoms with Gasteiger partial charge in [0.1, 0.15) is 12.7 Å². The number of fused-ring (bicyclic) bond motifs is 14. The Morgan fingerprint density at radius 1 is 0.532 bits per heavy atom. The van der Waals surface area contributed by atoms with E-state index in [0.29, 0.717) is 13.0 Å². The van der Waals surface area contributed by atoms with Gasteiger partial charge < -0.3 is 14.6 Å². The molecule has 4 heteroatoms. The van der Waals surface area contributed by atoms with Crippen molar-refractivity contribution in [2.24, 2.45) is 82.9 Å². The minimum atomic E-state index is -0.379. The largest absolute Gasteiger partial charge is 0.463 e. The van der Waals surface area contributed by atoms with E-state index in [2.05, 4.69) is 0 Å². The SMILES string of the molecule is O=C(CCCCCCCC1CCC2C(C1)C1C3CCC3C21)OC[C@H](CO)OCCCCCCCCC1CCC2C(C1)C1C3CCC3C21. The number of carbonyl (C=O) groups is 1. The van der Waals surface area contributed by atoms with Crippen LogP contribution in [0.1, 0.15) is 154 Å². The maximum atomic E-state index is 12.3. The van der Waals surface area contributed by atoms with Crippen LogP contribution in [0.15, 0.2) is 0 Å². The Labute approximate surface area is 287 Å². The maximum Gasteiger partial charge on any atom is 0.305 e. The molecule has 0 spiro atoms. The lowest BCUT2D eigenvalue weighted by Gasteiger charge is -2.74. The molecule has 0 radical (unpaired) electrons. The van der Waals surface area contributed by atoms with Gasteiger partial charge in [-0.2, -0.15) is 0 Å². The molecule has 0 aromatic carbocycles. The summed E-state index contributed by atoms with van der Waals surface area (Å²) >= 11 is 0. The first-order chi connectivity index (χ1) is 23.2. The van der Waals surface area contributed by atoms with Gasteiger partial charge >= 0.3 is 5.97 Å². The summed E-state index contributed by atoms with van der Waals surface area (Å²) in [5.41, 5.74) is 0. The number of aliphatic hydroxyl groups is 1. The molecule has 8 saturated carbocycles. The summed E-state index contributed by atoms with van der Waals surface area (Å²) in [5.74, 6) is 15.9. The molecule has 4 nitrogen and oxygen atoms in total. The quantitative estimate of drug-likeness (QED) is 0.0992. The normalized spacial score (nSPS) is 43.7. The predicted octanol–water partition coefficient (Wildman–Crippen LogP) is 10.0. The van der Waals surface area contributed by atoms with Crippen molar-refractivity contribution in [3.8, 4) is 0 Å². The van der Waals surface area contributed by atoms with Crippen molar-refractivity contribution in [1.29, 1.82) is 0 Å². The van der Waals surface area contributed by atoms with E-state index in [4.69, 9.17) is 9.47 Å². The van der Waals surface area contributed by atoms with E-state index in [1.807, 2.05) is 0 Å². The Hall–Kier alpha value is -0.610. The van der Waals surface area contributed by atoms with Crippen molar-refractivity contribution in [3.05, 3.63) is 0 Å². The molecule has 8 aliphatic rings. The van der Waals surface area contributed by atoms with Gasteiger partial charge in [-0.15, -0.1) is 0 Å². The van der Waals surface area contributed by atoms with Gasteiger partial charge in [0, 0.05) is 13.0 Å². The fourth-order valence-corrected chi connectivity index (χ4v) is 14.1. The van der Waals surface area contributed by atoms with E-state index >= 15 is 0 Å². The number of ether oxygens (including phenoxy) is 2. The monoisotopic (exact) mass is 651 g/mol. The highest BCUT2D eigenvalue weighted by Gasteiger charge is 2.69. The molecule has 8 rings (SSSR count). The van der Waals surface area contributed by atoms with Crippen LogP contribution in [0, 0.1) is 82.9 Å². The van der Waals surface area contributed by atoms with Crippen molar-refractivity contribution >= 4 is 5.97 Å². The van der Waals surface area contributed by atoms with Crippen molar-refractivity contribution in [2.75, 3.05) is 19.8 Å². The number of carbonyl (C=O) groups excluding carboxylic acids is 1. The summed E-state index contributed by atoms with van der Waals surface area (Å²) in [5, 5.41) is 9.70. The minimum Gasteiger partial charge on any atom is -0.463 e. The minimum absolute atomic E-state index is 0.0799. The van der Waals surface area contributed by atoms with Crippen LogP contribution in [0.3, 0.4) is 0 Å². The van der Waals surface area contributed by atoms with E-state index < -0.39 is 0 Å². The van der Waals surface area contributed by atoms with Gasteiger partial charge in [-0.05, 0) is 147 Å². The molecular formula is C43H70O4. The van der Waals surface area contributed by atoms with Crippen LogP contribution in [-0.2, 0) is 14.3 Å². The van der Waals surface area contributed by atoms with Gasteiger partial charge in [-0.1, -0.05) is 83.5 Å².